The predicted molar refractivity (Wildman–Crippen MR) is 89.4 cm³/mol. The lowest BCUT2D eigenvalue weighted by Crippen LogP contribution is -2.47. The normalized spacial score (nSPS) is 25.1. The van der Waals surface area contributed by atoms with Gasteiger partial charge in [0, 0.05) is 17.6 Å². The Balaban J connectivity index is 1.87. The molecule has 0 radical (unpaired) electrons. The smallest absolute Gasteiger partial charge is 0.0608 e. The number of aliphatic hydroxyl groups excluding tert-OH is 1. The molecule has 124 valence electrons. The highest BCUT2D eigenvalue weighted by molar-refractivity contribution is 4.85. The van der Waals surface area contributed by atoms with Gasteiger partial charge in [-0.1, -0.05) is 38.5 Å². The van der Waals surface area contributed by atoms with Crippen LogP contribution >= 0.6 is 0 Å². The summed E-state index contributed by atoms with van der Waals surface area (Å²) in [6, 6.07) is 1.64. The molecule has 1 unspecified atom stereocenters. The molecule has 2 aliphatic rings. The molecule has 21 heavy (non-hydrogen) atoms. The van der Waals surface area contributed by atoms with Crippen LogP contribution in [0.2, 0.25) is 0 Å². The molecule has 0 saturated heterocycles. The summed E-state index contributed by atoms with van der Waals surface area (Å²) in [6.07, 6.45) is 16.2. The van der Waals surface area contributed by atoms with Crippen molar-refractivity contribution in [1.29, 1.82) is 0 Å². The molecule has 3 nitrogen and oxygen atoms in total. The standard InChI is InChI=1S/C18H36N2O/c1-18(19,15-21)13-8-14-20(16-9-4-2-5-10-16)17-11-6-3-7-12-17/h16-17,21H,2-15,19H2,1H3. The molecule has 0 aliphatic heterocycles. The topological polar surface area (TPSA) is 49.5 Å². The van der Waals surface area contributed by atoms with Crippen LogP contribution in [-0.2, 0) is 0 Å². The number of nitrogens with zero attached hydrogens (tertiary/aromatic N) is 1. The van der Waals surface area contributed by atoms with Gasteiger partial charge in [0.25, 0.3) is 0 Å². The second kappa shape index (κ2) is 8.50. The van der Waals surface area contributed by atoms with Crippen LogP contribution in [0, 0.1) is 0 Å². The van der Waals surface area contributed by atoms with Gasteiger partial charge in [-0.05, 0) is 52.0 Å². The van der Waals surface area contributed by atoms with Crippen molar-refractivity contribution in [2.45, 2.75) is 102 Å². The molecule has 2 saturated carbocycles. The maximum atomic E-state index is 9.32. The van der Waals surface area contributed by atoms with Crippen LogP contribution in [0.25, 0.3) is 0 Å². The zero-order chi connectivity index (χ0) is 15.1. The van der Waals surface area contributed by atoms with Crippen molar-refractivity contribution in [3.8, 4) is 0 Å². The Morgan fingerprint density at radius 3 is 1.86 bits per heavy atom. The zero-order valence-corrected chi connectivity index (χ0v) is 14.0. The van der Waals surface area contributed by atoms with Crippen molar-refractivity contribution >= 4 is 0 Å². The van der Waals surface area contributed by atoms with Crippen molar-refractivity contribution in [1.82, 2.24) is 4.90 Å². The molecule has 0 amide bonds. The second-order valence-corrected chi connectivity index (χ2v) is 7.74. The minimum atomic E-state index is -0.398. The van der Waals surface area contributed by atoms with Gasteiger partial charge in [-0.3, -0.25) is 4.90 Å². The lowest BCUT2D eigenvalue weighted by atomic mass is 9.88. The molecule has 3 N–H and O–H groups in total. The van der Waals surface area contributed by atoms with Gasteiger partial charge in [-0.15, -0.1) is 0 Å². The average molecular weight is 296 g/mol. The summed E-state index contributed by atoms with van der Waals surface area (Å²) >= 11 is 0. The largest absolute Gasteiger partial charge is 0.394 e. The van der Waals surface area contributed by atoms with E-state index < -0.39 is 5.54 Å². The molecule has 2 fully saturated rings. The van der Waals surface area contributed by atoms with Crippen LogP contribution < -0.4 is 5.73 Å². The molecule has 0 aromatic heterocycles. The zero-order valence-electron chi connectivity index (χ0n) is 14.0. The van der Waals surface area contributed by atoms with Crippen LogP contribution in [0.4, 0.5) is 0 Å². The average Bonchev–Trinajstić information content (AvgIpc) is 2.53. The summed E-state index contributed by atoms with van der Waals surface area (Å²) in [5.74, 6) is 0. The third kappa shape index (κ3) is 5.54. The summed E-state index contributed by atoms with van der Waals surface area (Å²) in [6.45, 7) is 3.25. The number of rotatable bonds is 7. The second-order valence-electron chi connectivity index (χ2n) is 7.74. The van der Waals surface area contributed by atoms with Crippen LogP contribution in [0.5, 0.6) is 0 Å². The van der Waals surface area contributed by atoms with E-state index in [1.807, 2.05) is 6.92 Å². The van der Waals surface area contributed by atoms with Crippen molar-refractivity contribution in [3.63, 3.8) is 0 Å². The number of hydrogen-bond donors (Lipinski definition) is 2. The van der Waals surface area contributed by atoms with Crippen molar-refractivity contribution < 1.29 is 5.11 Å². The first-order valence-electron chi connectivity index (χ1n) is 9.28. The van der Waals surface area contributed by atoms with Gasteiger partial charge in [-0.2, -0.15) is 0 Å². The summed E-state index contributed by atoms with van der Waals surface area (Å²) in [7, 11) is 0. The van der Waals surface area contributed by atoms with E-state index in [4.69, 9.17) is 5.73 Å². The molecule has 0 aromatic rings. The molecule has 1 atom stereocenters. The fourth-order valence-electron chi connectivity index (χ4n) is 4.23. The van der Waals surface area contributed by atoms with E-state index >= 15 is 0 Å². The monoisotopic (exact) mass is 296 g/mol. The highest BCUT2D eigenvalue weighted by atomic mass is 16.3. The molecular weight excluding hydrogens is 260 g/mol. The number of hydrogen-bond acceptors (Lipinski definition) is 3. The highest BCUT2D eigenvalue weighted by Crippen LogP contribution is 2.30. The van der Waals surface area contributed by atoms with Crippen LogP contribution in [-0.4, -0.2) is 40.8 Å². The Hall–Kier alpha value is -0.120. The minimum absolute atomic E-state index is 0.0971. The lowest BCUT2D eigenvalue weighted by Gasteiger charge is -2.42. The fraction of sp³-hybridized carbons (Fsp3) is 1.00. The lowest BCUT2D eigenvalue weighted by molar-refractivity contribution is 0.0753. The molecule has 0 spiro atoms. The van der Waals surface area contributed by atoms with E-state index in [1.54, 1.807) is 0 Å². The van der Waals surface area contributed by atoms with Gasteiger partial charge in [-0.25, -0.2) is 0 Å². The highest BCUT2D eigenvalue weighted by Gasteiger charge is 2.29. The Kier molecular flexibility index (Phi) is 6.97. The van der Waals surface area contributed by atoms with Crippen LogP contribution in [0.1, 0.15) is 84.0 Å². The summed E-state index contributed by atoms with van der Waals surface area (Å²) in [5, 5.41) is 9.32. The summed E-state index contributed by atoms with van der Waals surface area (Å²) < 4.78 is 0. The van der Waals surface area contributed by atoms with Crippen molar-refractivity contribution in [2.75, 3.05) is 13.2 Å². The summed E-state index contributed by atoms with van der Waals surface area (Å²) in [5.41, 5.74) is 5.69. The van der Waals surface area contributed by atoms with Gasteiger partial charge in [0.2, 0.25) is 0 Å². The van der Waals surface area contributed by atoms with Crippen LogP contribution in [0.15, 0.2) is 0 Å². The molecule has 0 aromatic carbocycles. The third-order valence-electron chi connectivity index (χ3n) is 5.61. The first-order chi connectivity index (χ1) is 10.1. The molecule has 2 rings (SSSR count). The maximum Gasteiger partial charge on any atom is 0.0608 e. The Bertz CT molecular complexity index is 263. The quantitative estimate of drug-likeness (QED) is 0.756. The number of aliphatic hydroxyl groups is 1. The van der Waals surface area contributed by atoms with Crippen molar-refractivity contribution in [3.05, 3.63) is 0 Å². The van der Waals surface area contributed by atoms with Gasteiger partial charge in [0.1, 0.15) is 0 Å². The molecular formula is C18H36N2O. The Morgan fingerprint density at radius 1 is 0.952 bits per heavy atom. The maximum absolute atomic E-state index is 9.32. The van der Waals surface area contributed by atoms with E-state index in [2.05, 4.69) is 4.90 Å². The molecule has 2 aliphatic carbocycles. The first-order valence-corrected chi connectivity index (χ1v) is 9.28. The van der Waals surface area contributed by atoms with E-state index in [0.717, 1.165) is 24.9 Å². The Morgan fingerprint density at radius 2 is 1.43 bits per heavy atom. The molecule has 3 heteroatoms. The first kappa shape index (κ1) is 17.2. The van der Waals surface area contributed by atoms with Gasteiger partial charge in [0.05, 0.1) is 6.61 Å². The number of nitrogens with two attached hydrogens (primary N) is 1. The van der Waals surface area contributed by atoms with E-state index in [-0.39, 0.29) is 6.61 Å². The predicted octanol–water partition coefficient (Wildman–Crippen LogP) is 3.44. The SMILES string of the molecule is CC(N)(CO)CCCN(C1CCCCC1)C1CCCCC1. The van der Waals surface area contributed by atoms with E-state index in [9.17, 15) is 5.11 Å². The summed E-state index contributed by atoms with van der Waals surface area (Å²) in [4.78, 5) is 2.84. The van der Waals surface area contributed by atoms with E-state index in [1.165, 1.54) is 70.8 Å². The van der Waals surface area contributed by atoms with Gasteiger partial charge < -0.3 is 10.8 Å². The van der Waals surface area contributed by atoms with E-state index in [0.29, 0.717) is 0 Å². The Labute approximate surface area is 131 Å². The van der Waals surface area contributed by atoms with Gasteiger partial charge >= 0.3 is 0 Å². The minimum Gasteiger partial charge on any atom is -0.394 e. The fourth-order valence-corrected chi connectivity index (χ4v) is 4.23. The molecule has 0 bridgehead atoms. The van der Waals surface area contributed by atoms with Gasteiger partial charge in [0.15, 0.2) is 0 Å². The molecule has 0 heterocycles. The van der Waals surface area contributed by atoms with Crippen molar-refractivity contribution in [2.24, 2.45) is 5.73 Å². The van der Waals surface area contributed by atoms with Crippen LogP contribution in [0.3, 0.4) is 0 Å². The third-order valence-corrected chi connectivity index (χ3v) is 5.61.